The molecular weight excluding hydrogens is 270 g/mol. The predicted octanol–water partition coefficient (Wildman–Crippen LogP) is 3.58. The van der Waals surface area contributed by atoms with Crippen LogP contribution in [0.4, 0.5) is 0 Å². The molecule has 0 atom stereocenters. The molecule has 2 aromatic carbocycles. The third-order valence-electron chi connectivity index (χ3n) is 4.10. The van der Waals surface area contributed by atoms with E-state index >= 15 is 0 Å². The molecule has 0 saturated heterocycles. The Morgan fingerprint density at radius 2 is 1.77 bits per heavy atom. The Bertz CT molecular complexity index is 1010. The van der Waals surface area contributed by atoms with Gasteiger partial charge in [0.25, 0.3) is 0 Å². The van der Waals surface area contributed by atoms with E-state index in [2.05, 4.69) is 59.1 Å². The molecule has 3 heteroatoms. The maximum absolute atomic E-state index is 4.96. The van der Waals surface area contributed by atoms with Gasteiger partial charge in [-0.2, -0.15) is 0 Å². The van der Waals surface area contributed by atoms with Gasteiger partial charge in [0.15, 0.2) is 5.52 Å². The second kappa shape index (κ2) is 4.88. The highest BCUT2D eigenvalue weighted by Gasteiger charge is 2.18. The Morgan fingerprint density at radius 1 is 0.955 bits per heavy atom. The molecule has 0 saturated carbocycles. The van der Waals surface area contributed by atoms with Crippen LogP contribution in [-0.4, -0.2) is 9.97 Å². The summed E-state index contributed by atoms with van der Waals surface area (Å²) in [6, 6.07) is 14.7. The minimum atomic E-state index is 0.939. The van der Waals surface area contributed by atoms with Gasteiger partial charge >= 0.3 is 5.82 Å². The van der Waals surface area contributed by atoms with Gasteiger partial charge in [0.2, 0.25) is 0 Å². The van der Waals surface area contributed by atoms with Crippen molar-refractivity contribution in [2.24, 2.45) is 7.05 Å². The zero-order valence-corrected chi connectivity index (χ0v) is 12.6. The summed E-state index contributed by atoms with van der Waals surface area (Å²) in [5.74, 6) is 0.939. The SMILES string of the molecule is Cc1ccncc1-c1nc2c(ccc3ccccc32)c[n+]1C. The van der Waals surface area contributed by atoms with Crippen molar-refractivity contribution in [3.05, 3.63) is 66.6 Å². The summed E-state index contributed by atoms with van der Waals surface area (Å²) in [6.45, 7) is 2.09. The quantitative estimate of drug-likeness (QED) is 0.395. The summed E-state index contributed by atoms with van der Waals surface area (Å²) in [5, 5.41) is 3.54. The van der Waals surface area contributed by atoms with Gasteiger partial charge in [0.1, 0.15) is 6.20 Å². The van der Waals surface area contributed by atoms with Crippen molar-refractivity contribution in [2.45, 2.75) is 6.92 Å². The van der Waals surface area contributed by atoms with Crippen molar-refractivity contribution < 1.29 is 4.57 Å². The molecule has 0 aliphatic carbocycles. The normalized spacial score (nSPS) is 11.2. The van der Waals surface area contributed by atoms with Gasteiger partial charge in [-0.25, -0.2) is 4.57 Å². The highest BCUT2D eigenvalue weighted by atomic mass is 15.0. The lowest BCUT2D eigenvalue weighted by Gasteiger charge is -2.05. The number of fused-ring (bicyclic) bond motifs is 3. The van der Waals surface area contributed by atoms with Crippen LogP contribution < -0.4 is 4.57 Å². The summed E-state index contributed by atoms with van der Waals surface area (Å²) in [6.07, 6.45) is 5.83. The Morgan fingerprint density at radius 3 is 2.64 bits per heavy atom. The number of aromatic nitrogens is 3. The molecule has 0 amide bonds. The number of hydrogen-bond acceptors (Lipinski definition) is 2. The van der Waals surface area contributed by atoms with Crippen LogP contribution in [-0.2, 0) is 7.05 Å². The number of benzene rings is 2. The third kappa shape index (κ3) is 1.94. The van der Waals surface area contributed by atoms with Crippen LogP contribution in [0.5, 0.6) is 0 Å². The van der Waals surface area contributed by atoms with Crippen molar-refractivity contribution in [2.75, 3.05) is 0 Å². The standard InChI is InChI=1S/C19H16N3/c1-13-9-10-20-11-17(13)19-21-18-15(12-22(19)2)8-7-14-5-3-4-6-16(14)18/h3-12H,1-2H3/q+1. The molecule has 0 unspecified atom stereocenters. The van der Waals surface area contributed by atoms with E-state index in [1.165, 1.54) is 16.3 Å². The fourth-order valence-corrected chi connectivity index (χ4v) is 2.90. The summed E-state index contributed by atoms with van der Waals surface area (Å²) in [7, 11) is 2.03. The molecule has 3 nitrogen and oxygen atoms in total. The van der Waals surface area contributed by atoms with E-state index in [1.54, 1.807) is 0 Å². The molecule has 22 heavy (non-hydrogen) atoms. The fourth-order valence-electron chi connectivity index (χ4n) is 2.90. The van der Waals surface area contributed by atoms with E-state index in [-0.39, 0.29) is 0 Å². The molecule has 4 rings (SSSR count). The van der Waals surface area contributed by atoms with Crippen LogP contribution in [0.25, 0.3) is 33.1 Å². The molecule has 2 heterocycles. The predicted molar refractivity (Wildman–Crippen MR) is 88.4 cm³/mol. The lowest BCUT2D eigenvalue weighted by atomic mass is 10.1. The van der Waals surface area contributed by atoms with E-state index in [1.807, 2.05) is 25.5 Å². The van der Waals surface area contributed by atoms with Crippen molar-refractivity contribution >= 4 is 21.7 Å². The van der Waals surface area contributed by atoms with Crippen LogP contribution in [0.3, 0.4) is 0 Å². The van der Waals surface area contributed by atoms with Crippen LogP contribution >= 0.6 is 0 Å². The van der Waals surface area contributed by atoms with Gasteiger partial charge in [-0.15, -0.1) is 0 Å². The summed E-state index contributed by atoms with van der Waals surface area (Å²) in [4.78, 5) is 9.21. The van der Waals surface area contributed by atoms with Crippen molar-refractivity contribution in [3.63, 3.8) is 0 Å². The van der Waals surface area contributed by atoms with E-state index in [0.29, 0.717) is 0 Å². The molecule has 0 radical (unpaired) electrons. The zero-order valence-electron chi connectivity index (χ0n) is 12.6. The minimum Gasteiger partial charge on any atom is -0.264 e. The van der Waals surface area contributed by atoms with Gasteiger partial charge in [0.05, 0.1) is 18.0 Å². The largest absolute Gasteiger partial charge is 0.332 e. The number of aryl methyl sites for hydroxylation is 2. The molecule has 0 fully saturated rings. The van der Waals surface area contributed by atoms with Crippen molar-refractivity contribution in [1.29, 1.82) is 0 Å². The number of hydrogen-bond donors (Lipinski definition) is 0. The van der Waals surface area contributed by atoms with Crippen molar-refractivity contribution in [3.8, 4) is 11.4 Å². The first-order valence-corrected chi connectivity index (χ1v) is 7.33. The van der Waals surface area contributed by atoms with Crippen molar-refractivity contribution in [1.82, 2.24) is 9.97 Å². The van der Waals surface area contributed by atoms with Crippen LogP contribution in [0.1, 0.15) is 5.56 Å². The van der Waals surface area contributed by atoms with Crippen LogP contribution in [0, 0.1) is 6.92 Å². The lowest BCUT2D eigenvalue weighted by Crippen LogP contribution is -2.32. The Balaban J connectivity index is 2.10. The van der Waals surface area contributed by atoms with Crippen LogP contribution in [0.15, 0.2) is 61.1 Å². The summed E-state index contributed by atoms with van der Waals surface area (Å²) in [5.41, 5.74) is 3.28. The van der Waals surface area contributed by atoms with Gasteiger partial charge < -0.3 is 0 Å². The average molecular weight is 286 g/mol. The fraction of sp³-hybridized carbons (Fsp3) is 0.105. The Hall–Kier alpha value is -2.81. The third-order valence-corrected chi connectivity index (χ3v) is 4.10. The highest BCUT2D eigenvalue weighted by molar-refractivity contribution is 6.04. The zero-order chi connectivity index (χ0) is 15.1. The molecule has 2 aromatic heterocycles. The summed E-state index contributed by atoms with van der Waals surface area (Å²) >= 11 is 0. The average Bonchev–Trinajstić information content (AvgIpc) is 2.55. The monoisotopic (exact) mass is 286 g/mol. The molecule has 0 N–H and O–H groups in total. The number of nitrogens with zero attached hydrogens (tertiary/aromatic N) is 3. The van der Waals surface area contributed by atoms with Gasteiger partial charge in [0, 0.05) is 17.8 Å². The Kier molecular flexibility index (Phi) is 2.86. The maximum Gasteiger partial charge on any atom is 0.332 e. The van der Waals surface area contributed by atoms with Gasteiger partial charge in [-0.05, 0) is 41.1 Å². The number of pyridine rings is 1. The highest BCUT2D eigenvalue weighted by Crippen LogP contribution is 2.25. The first-order chi connectivity index (χ1) is 10.7. The molecule has 0 aliphatic heterocycles. The van der Waals surface area contributed by atoms with E-state index in [0.717, 1.165) is 22.3 Å². The van der Waals surface area contributed by atoms with Crippen LogP contribution in [0.2, 0.25) is 0 Å². The first-order valence-electron chi connectivity index (χ1n) is 7.33. The second-order valence-electron chi connectivity index (χ2n) is 5.59. The van der Waals surface area contributed by atoms with E-state index in [4.69, 9.17) is 4.98 Å². The summed E-state index contributed by atoms with van der Waals surface area (Å²) < 4.78 is 2.07. The molecule has 0 bridgehead atoms. The topological polar surface area (TPSA) is 29.7 Å². The van der Waals surface area contributed by atoms with Gasteiger partial charge in [-0.1, -0.05) is 24.3 Å². The van der Waals surface area contributed by atoms with E-state index in [9.17, 15) is 0 Å². The molecule has 0 aliphatic rings. The number of rotatable bonds is 1. The van der Waals surface area contributed by atoms with E-state index < -0.39 is 0 Å². The molecule has 106 valence electrons. The van der Waals surface area contributed by atoms with Gasteiger partial charge in [-0.3, -0.25) is 4.98 Å². The first kappa shape index (κ1) is 12.9. The minimum absolute atomic E-state index is 0.939. The molecule has 0 spiro atoms. The Labute approximate surface area is 128 Å². The lowest BCUT2D eigenvalue weighted by molar-refractivity contribution is -0.661. The second-order valence-corrected chi connectivity index (χ2v) is 5.59. The molecular formula is C19H16N3+. The smallest absolute Gasteiger partial charge is 0.264 e. The molecule has 4 aromatic rings. The maximum atomic E-state index is 4.96.